The summed E-state index contributed by atoms with van der Waals surface area (Å²) in [6.45, 7) is 6.26. The van der Waals surface area contributed by atoms with Crippen molar-refractivity contribution in [3.63, 3.8) is 0 Å². The van der Waals surface area contributed by atoms with Crippen LogP contribution in [0, 0.1) is 0 Å². The summed E-state index contributed by atoms with van der Waals surface area (Å²) in [7, 11) is 2.14. The van der Waals surface area contributed by atoms with Crippen molar-refractivity contribution in [3.8, 4) is 0 Å². The molecule has 0 atom stereocenters. The summed E-state index contributed by atoms with van der Waals surface area (Å²) in [4.78, 5) is 31.5. The van der Waals surface area contributed by atoms with Crippen molar-refractivity contribution in [2.24, 2.45) is 0 Å². The van der Waals surface area contributed by atoms with E-state index in [2.05, 4.69) is 42.4 Å². The number of H-pyrrole nitrogens is 1. The Bertz CT molecular complexity index is 977. The van der Waals surface area contributed by atoms with Crippen molar-refractivity contribution in [2.75, 3.05) is 52.9 Å². The molecule has 2 fully saturated rings. The third-order valence-electron chi connectivity index (χ3n) is 6.28. The van der Waals surface area contributed by atoms with Crippen molar-refractivity contribution < 1.29 is 4.79 Å². The second kappa shape index (κ2) is 7.18. The van der Waals surface area contributed by atoms with Gasteiger partial charge in [-0.2, -0.15) is 0 Å². The van der Waals surface area contributed by atoms with E-state index in [-0.39, 0.29) is 5.91 Å². The molecule has 5 rings (SSSR count). The summed E-state index contributed by atoms with van der Waals surface area (Å²) < 4.78 is 2.29. The second-order valence-electron chi connectivity index (χ2n) is 8.08. The van der Waals surface area contributed by atoms with Gasteiger partial charge in [-0.15, -0.1) is 0 Å². The number of aromatic amines is 1. The zero-order chi connectivity index (χ0) is 19.1. The average molecular weight is 381 g/mol. The van der Waals surface area contributed by atoms with Gasteiger partial charge in [0.15, 0.2) is 0 Å². The number of piperidine rings is 1. The molecule has 2 aliphatic heterocycles. The number of aromatic nitrogens is 4. The van der Waals surface area contributed by atoms with Crippen LogP contribution in [-0.4, -0.2) is 93.0 Å². The maximum absolute atomic E-state index is 12.7. The minimum atomic E-state index is 0.274. The largest absolute Gasteiger partial charge is 0.346 e. The van der Waals surface area contributed by atoms with Gasteiger partial charge in [-0.25, -0.2) is 9.97 Å². The van der Waals surface area contributed by atoms with E-state index >= 15 is 0 Å². The molecule has 3 aromatic rings. The number of carbonyl (C=O) groups is 1. The quantitative estimate of drug-likeness (QED) is 0.741. The molecular formula is C20H27N7O. The predicted octanol–water partition coefficient (Wildman–Crippen LogP) is 1.32. The molecule has 1 amide bonds. The Morgan fingerprint density at radius 2 is 1.93 bits per heavy atom. The van der Waals surface area contributed by atoms with E-state index in [0.29, 0.717) is 12.6 Å². The first-order valence-electron chi connectivity index (χ1n) is 10.2. The number of rotatable bonds is 3. The van der Waals surface area contributed by atoms with E-state index in [1.165, 1.54) is 0 Å². The van der Waals surface area contributed by atoms with Crippen molar-refractivity contribution in [1.29, 1.82) is 0 Å². The fraction of sp³-hybridized carbons (Fsp3) is 0.550. The molecule has 3 aromatic heterocycles. The maximum Gasteiger partial charge on any atom is 0.236 e. The number of nitrogens with zero attached hydrogens (tertiary/aromatic N) is 6. The Balaban J connectivity index is 1.25. The summed E-state index contributed by atoms with van der Waals surface area (Å²) in [5.41, 5.74) is 2.98. The molecule has 0 radical (unpaired) electrons. The lowest BCUT2D eigenvalue weighted by Gasteiger charge is -2.36. The number of carbonyl (C=O) groups excluding carboxylic acids is 1. The van der Waals surface area contributed by atoms with Gasteiger partial charge in [0.25, 0.3) is 0 Å². The number of hydrogen-bond donors (Lipinski definition) is 1. The third-order valence-corrected chi connectivity index (χ3v) is 6.28. The second-order valence-corrected chi connectivity index (χ2v) is 8.08. The highest BCUT2D eigenvalue weighted by atomic mass is 16.2. The van der Waals surface area contributed by atoms with Gasteiger partial charge in [-0.05, 0) is 26.0 Å². The highest BCUT2D eigenvalue weighted by Gasteiger charge is 2.27. The molecule has 0 saturated carbocycles. The van der Waals surface area contributed by atoms with Crippen molar-refractivity contribution in [1.82, 2.24) is 34.2 Å². The van der Waals surface area contributed by atoms with Crippen molar-refractivity contribution >= 4 is 28.0 Å². The first-order valence-corrected chi connectivity index (χ1v) is 10.2. The summed E-state index contributed by atoms with van der Waals surface area (Å²) in [6.07, 6.45) is 7.63. The fourth-order valence-corrected chi connectivity index (χ4v) is 4.50. The number of likely N-dealkylation sites (N-methyl/N-ethyl adjacent to an activating group) is 1. The van der Waals surface area contributed by atoms with Crippen LogP contribution in [0.4, 0.5) is 0 Å². The Kier molecular flexibility index (Phi) is 4.52. The highest BCUT2D eigenvalue weighted by Crippen LogP contribution is 2.30. The Morgan fingerprint density at radius 1 is 1.14 bits per heavy atom. The van der Waals surface area contributed by atoms with Gasteiger partial charge in [-0.1, -0.05) is 0 Å². The van der Waals surface area contributed by atoms with Gasteiger partial charge in [0.05, 0.1) is 24.6 Å². The monoisotopic (exact) mass is 381 g/mol. The topological polar surface area (TPSA) is 73.3 Å². The van der Waals surface area contributed by atoms with E-state index in [1.54, 1.807) is 0 Å². The maximum atomic E-state index is 12.7. The molecular weight excluding hydrogens is 354 g/mol. The van der Waals surface area contributed by atoms with Crippen LogP contribution in [0.5, 0.6) is 0 Å². The average Bonchev–Trinajstić information content (AvgIpc) is 3.36. The summed E-state index contributed by atoms with van der Waals surface area (Å²) in [5.74, 6) is 0.274. The van der Waals surface area contributed by atoms with Gasteiger partial charge in [0, 0.05) is 56.9 Å². The summed E-state index contributed by atoms with van der Waals surface area (Å²) in [6, 6.07) is 2.44. The lowest BCUT2D eigenvalue weighted by molar-refractivity contribution is -0.134. The Hall–Kier alpha value is -2.45. The van der Waals surface area contributed by atoms with E-state index in [0.717, 1.165) is 74.2 Å². The normalized spacial score (nSPS) is 20.4. The van der Waals surface area contributed by atoms with Gasteiger partial charge in [0.2, 0.25) is 5.91 Å². The summed E-state index contributed by atoms with van der Waals surface area (Å²) >= 11 is 0. The lowest BCUT2D eigenvalue weighted by Crippen LogP contribution is -2.50. The Morgan fingerprint density at radius 3 is 2.71 bits per heavy atom. The zero-order valence-electron chi connectivity index (χ0n) is 16.3. The molecule has 1 N–H and O–H groups in total. The van der Waals surface area contributed by atoms with Gasteiger partial charge in [-0.3, -0.25) is 9.69 Å². The van der Waals surface area contributed by atoms with E-state index in [4.69, 9.17) is 0 Å². The van der Waals surface area contributed by atoms with Crippen LogP contribution in [-0.2, 0) is 4.79 Å². The first kappa shape index (κ1) is 17.6. The van der Waals surface area contributed by atoms with Crippen molar-refractivity contribution in [2.45, 2.75) is 18.9 Å². The molecule has 0 aliphatic carbocycles. The smallest absolute Gasteiger partial charge is 0.236 e. The molecule has 28 heavy (non-hydrogen) atoms. The number of likely N-dealkylation sites (tertiary alicyclic amines) is 1. The lowest BCUT2D eigenvalue weighted by atomic mass is 10.0. The number of nitrogens with one attached hydrogen (secondary N) is 1. The van der Waals surface area contributed by atoms with Gasteiger partial charge < -0.3 is 19.4 Å². The molecule has 8 nitrogen and oxygen atoms in total. The van der Waals surface area contributed by atoms with Gasteiger partial charge >= 0.3 is 0 Å². The minimum absolute atomic E-state index is 0.274. The Labute approximate surface area is 164 Å². The van der Waals surface area contributed by atoms with Crippen LogP contribution in [0.15, 0.2) is 24.8 Å². The highest BCUT2D eigenvalue weighted by molar-refractivity contribution is 6.00. The van der Waals surface area contributed by atoms with Gasteiger partial charge in [0.1, 0.15) is 11.2 Å². The van der Waals surface area contributed by atoms with Crippen molar-refractivity contribution in [3.05, 3.63) is 24.8 Å². The number of hydrogen-bond acceptors (Lipinski definition) is 5. The number of amides is 1. The van der Waals surface area contributed by atoms with Crippen LogP contribution in [0.2, 0.25) is 0 Å². The van der Waals surface area contributed by atoms with Crippen LogP contribution in [0.3, 0.4) is 0 Å². The summed E-state index contributed by atoms with van der Waals surface area (Å²) in [5, 5.41) is 1.11. The molecule has 2 aliphatic rings. The zero-order valence-corrected chi connectivity index (χ0v) is 16.3. The fourth-order valence-electron chi connectivity index (χ4n) is 4.50. The van der Waals surface area contributed by atoms with Crippen LogP contribution < -0.4 is 0 Å². The predicted molar refractivity (Wildman–Crippen MR) is 108 cm³/mol. The molecule has 8 heteroatoms. The molecule has 0 unspecified atom stereocenters. The standard InChI is InChI=1S/C20H27N7O/c1-24-8-10-25(11-9-24)13-18(28)26-6-3-15(4-7-26)27-14-23-17-12-22-20-16(19(17)27)2-5-21-20/h2,5,12,14-15H,3-4,6-11,13H2,1H3,(H,21,22). The molecule has 5 heterocycles. The third kappa shape index (κ3) is 3.16. The number of fused-ring (bicyclic) bond motifs is 3. The molecule has 148 valence electrons. The van der Waals surface area contributed by atoms with E-state index in [1.807, 2.05) is 23.6 Å². The van der Waals surface area contributed by atoms with Crippen LogP contribution >= 0.6 is 0 Å². The van der Waals surface area contributed by atoms with E-state index in [9.17, 15) is 4.79 Å². The number of pyridine rings is 1. The molecule has 0 aromatic carbocycles. The van der Waals surface area contributed by atoms with E-state index < -0.39 is 0 Å². The molecule has 2 saturated heterocycles. The number of imidazole rings is 1. The van der Waals surface area contributed by atoms with Crippen LogP contribution in [0.25, 0.3) is 22.1 Å². The molecule has 0 spiro atoms. The van der Waals surface area contributed by atoms with Crippen LogP contribution in [0.1, 0.15) is 18.9 Å². The SMILES string of the molecule is CN1CCN(CC(=O)N2CCC(n3cnc4cnc5[nH]ccc5c43)CC2)CC1. The first-order chi connectivity index (χ1) is 13.7. The molecule has 0 bridgehead atoms. The number of piperazine rings is 1. The minimum Gasteiger partial charge on any atom is -0.346 e.